The lowest BCUT2D eigenvalue weighted by Gasteiger charge is -2.32. The van der Waals surface area contributed by atoms with Crippen LogP contribution in [-0.4, -0.2) is 66.0 Å². The zero-order chi connectivity index (χ0) is 20.0. The maximum atomic E-state index is 12.5. The molecule has 1 fully saturated rings. The van der Waals surface area contributed by atoms with Crippen LogP contribution in [0.15, 0.2) is 24.3 Å². The number of likely N-dealkylation sites (tertiary alicyclic amines) is 1. The summed E-state index contributed by atoms with van der Waals surface area (Å²) in [6.07, 6.45) is 1.25. The van der Waals surface area contributed by atoms with Crippen molar-refractivity contribution in [2.75, 3.05) is 33.3 Å². The molecule has 27 heavy (non-hydrogen) atoms. The van der Waals surface area contributed by atoms with E-state index in [0.717, 1.165) is 0 Å². The molecule has 148 valence electrons. The summed E-state index contributed by atoms with van der Waals surface area (Å²) in [6, 6.07) is 6.85. The number of carboxylic acids is 1. The van der Waals surface area contributed by atoms with Crippen LogP contribution >= 0.6 is 0 Å². The number of rotatable bonds is 7. The van der Waals surface area contributed by atoms with E-state index in [0.29, 0.717) is 43.2 Å². The predicted molar refractivity (Wildman–Crippen MR) is 101 cm³/mol. The normalized spacial score (nSPS) is 16.9. The molecule has 1 heterocycles. The zero-order valence-corrected chi connectivity index (χ0v) is 16.2. The van der Waals surface area contributed by atoms with E-state index in [-0.39, 0.29) is 24.9 Å². The molecule has 1 aromatic rings. The van der Waals surface area contributed by atoms with Crippen molar-refractivity contribution < 1.29 is 24.2 Å². The maximum absolute atomic E-state index is 12.5. The van der Waals surface area contributed by atoms with Crippen LogP contribution < -0.4 is 4.74 Å². The van der Waals surface area contributed by atoms with Crippen LogP contribution in [0.4, 0.5) is 0 Å². The third-order valence-corrected chi connectivity index (χ3v) is 4.53. The van der Waals surface area contributed by atoms with Gasteiger partial charge in [-0.15, -0.1) is 0 Å². The molecule has 1 N–H and O–H groups in total. The van der Waals surface area contributed by atoms with Gasteiger partial charge in [-0.05, 0) is 43.0 Å². The molecule has 1 unspecified atom stereocenters. The molecule has 1 saturated heterocycles. The topological polar surface area (TPSA) is 87.2 Å². The van der Waals surface area contributed by atoms with Crippen molar-refractivity contribution in [1.82, 2.24) is 9.80 Å². The molecule has 1 aliphatic heterocycles. The highest BCUT2D eigenvalue weighted by Crippen LogP contribution is 2.18. The number of amides is 2. The average molecular weight is 376 g/mol. The second kappa shape index (κ2) is 9.39. The van der Waals surface area contributed by atoms with Crippen molar-refractivity contribution in [3.8, 4) is 5.75 Å². The molecule has 2 rings (SSSR count). The van der Waals surface area contributed by atoms with Gasteiger partial charge >= 0.3 is 5.97 Å². The zero-order valence-electron chi connectivity index (χ0n) is 16.2. The van der Waals surface area contributed by atoms with Crippen molar-refractivity contribution in [1.29, 1.82) is 0 Å². The standard InChI is InChI=1S/C20H28N2O5/c1-14(2)13-27-17-8-6-15(7-9-17)19(24)21(3)12-18(23)22-10-4-5-16(11-22)20(25)26/h6-9,14,16H,4-5,10-13H2,1-3H3,(H,25,26). The Hall–Kier alpha value is -2.57. The van der Waals surface area contributed by atoms with Gasteiger partial charge < -0.3 is 19.6 Å². The molecule has 0 spiro atoms. The Morgan fingerprint density at radius 2 is 1.93 bits per heavy atom. The summed E-state index contributed by atoms with van der Waals surface area (Å²) in [4.78, 5) is 39.0. The molecular formula is C20H28N2O5. The Bertz CT molecular complexity index is 671. The molecule has 0 bridgehead atoms. The van der Waals surface area contributed by atoms with E-state index >= 15 is 0 Å². The van der Waals surface area contributed by atoms with Crippen LogP contribution in [0, 0.1) is 11.8 Å². The summed E-state index contributed by atoms with van der Waals surface area (Å²) in [5.41, 5.74) is 0.476. The van der Waals surface area contributed by atoms with Crippen LogP contribution in [0.25, 0.3) is 0 Å². The van der Waals surface area contributed by atoms with Gasteiger partial charge in [-0.25, -0.2) is 0 Å². The van der Waals surface area contributed by atoms with Crippen LogP contribution in [0.5, 0.6) is 5.75 Å². The van der Waals surface area contributed by atoms with Crippen molar-refractivity contribution >= 4 is 17.8 Å². The largest absolute Gasteiger partial charge is 0.493 e. The van der Waals surface area contributed by atoms with Crippen LogP contribution in [0.2, 0.25) is 0 Å². The van der Waals surface area contributed by atoms with Crippen LogP contribution in [-0.2, 0) is 9.59 Å². The third kappa shape index (κ3) is 5.98. The Labute approximate surface area is 159 Å². The first-order chi connectivity index (χ1) is 12.8. The number of carboxylic acid groups (broad SMARTS) is 1. The van der Waals surface area contributed by atoms with Gasteiger partial charge in [-0.1, -0.05) is 13.8 Å². The Morgan fingerprint density at radius 3 is 2.52 bits per heavy atom. The monoisotopic (exact) mass is 376 g/mol. The van der Waals surface area contributed by atoms with E-state index in [1.807, 2.05) is 0 Å². The number of hydrogen-bond donors (Lipinski definition) is 1. The number of hydrogen-bond acceptors (Lipinski definition) is 4. The Kier molecular flexibility index (Phi) is 7.21. The Morgan fingerprint density at radius 1 is 1.26 bits per heavy atom. The molecule has 1 atom stereocenters. The molecule has 7 heteroatoms. The van der Waals surface area contributed by atoms with Gasteiger partial charge in [0.05, 0.1) is 19.1 Å². The van der Waals surface area contributed by atoms with E-state index in [1.54, 1.807) is 31.3 Å². The van der Waals surface area contributed by atoms with Gasteiger partial charge in [0.15, 0.2) is 0 Å². The first-order valence-electron chi connectivity index (χ1n) is 9.26. The Balaban J connectivity index is 1.90. The molecule has 7 nitrogen and oxygen atoms in total. The fourth-order valence-electron chi connectivity index (χ4n) is 2.96. The van der Waals surface area contributed by atoms with Crippen molar-refractivity contribution in [2.45, 2.75) is 26.7 Å². The summed E-state index contributed by atoms with van der Waals surface area (Å²) in [6.45, 7) is 5.39. The SMILES string of the molecule is CC(C)COc1ccc(C(=O)N(C)CC(=O)N2CCCC(C(=O)O)C2)cc1. The second-order valence-corrected chi connectivity index (χ2v) is 7.41. The van der Waals surface area contributed by atoms with Gasteiger partial charge in [-0.3, -0.25) is 14.4 Å². The summed E-state index contributed by atoms with van der Waals surface area (Å²) in [5.74, 6) is -0.774. The van der Waals surface area contributed by atoms with Gasteiger partial charge in [-0.2, -0.15) is 0 Å². The first kappa shape index (κ1) is 20.7. The van der Waals surface area contributed by atoms with E-state index in [4.69, 9.17) is 9.84 Å². The van der Waals surface area contributed by atoms with Crippen LogP contribution in [0.3, 0.4) is 0 Å². The number of ether oxygens (including phenoxy) is 1. The van der Waals surface area contributed by atoms with E-state index < -0.39 is 11.9 Å². The minimum Gasteiger partial charge on any atom is -0.493 e. The van der Waals surface area contributed by atoms with E-state index in [2.05, 4.69) is 13.8 Å². The molecule has 1 aliphatic rings. The summed E-state index contributed by atoms with van der Waals surface area (Å²) >= 11 is 0. The van der Waals surface area contributed by atoms with Gasteiger partial charge in [0.25, 0.3) is 5.91 Å². The predicted octanol–water partition coefficient (Wildman–Crippen LogP) is 2.12. The second-order valence-electron chi connectivity index (χ2n) is 7.41. The summed E-state index contributed by atoms with van der Waals surface area (Å²) in [7, 11) is 1.57. The van der Waals surface area contributed by atoms with E-state index in [1.165, 1.54) is 9.80 Å². The first-order valence-corrected chi connectivity index (χ1v) is 9.26. The van der Waals surface area contributed by atoms with Crippen molar-refractivity contribution in [3.05, 3.63) is 29.8 Å². The molecule has 0 saturated carbocycles. The molecule has 0 radical (unpaired) electrons. The average Bonchev–Trinajstić information content (AvgIpc) is 2.66. The summed E-state index contributed by atoms with van der Waals surface area (Å²) < 4.78 is 5.60. The number of benzene rings is 1. The smallest absolute Gasteiger partial charge is 0.308 e. The number of carbonyl (C=O) groups excluding carboxylic acids is 2. The molecule has 0 aromatic heterocycles. The van der Waals surface area contributed by atoms with Crippen molar-refractivity contribution in [3.63, 3.8) is 0 Å². The van der Waals surface area contributed by atoms with E-state index in [9.17, 15) is 14.4 Å². The fourth-order valence-corrected chi connectivity index (χ4v) is 2.96. The number of carbonyl (C=O) groups is 3. The minimum atomic E-state index is -0.878. The van der Waals surface area contributed by atoms with Gasteiger partial charge in [0, 0.05) is 25.7 Å². The highest BCUT2D eigenvalue weighted by molar-refractivity contribution is 5.96. The number of likely N-dealkylation sites (N-methyl/N-ethyl adjacent to an activating group) is 1. The lowest BCUT2D eigenvalue weighted by molar-refractivity contribution is -0.145. The third-order valence-electron chi connectivity index (χ3n) is 4.53. The molecule has 2 amide bonds. The summed E-state index contributed by atoms with van der Waals surface area (Å²) in [5, 5.41) is 9.13. The number of nitrogens with zero attached hydrogens (tertiary/aromatic N) is 2. The highest BCUT2D eigenvalue weighted by atomic mass is 16.5. The van der Waals surface area contributed by atoms with Crippen molar-refractivity contribution in [2.24, 2.45) is 11.8 Å². The lowest BCUT2D eigenvalue weighted by Crippen LogP contribution is -2.46. The maximum Gasteiger partial charge on any atom is 0.308 e. The molecule has 0 aliphatic carbocycles. The van der Waals surface area contributed by atoms with Crippen LogP contribution in [0.1, 0.15) is 37.0 Å². The quantitative estimate of drug-likeness (QED) is 0.788. The number of aliphatic carboxylic acids is 1. The lowest BCUT2D eigenvalue weighted by atomic mass is 9.98. The fraction of sp³-hybridized carbons (Fsp3) is 0.550. The van der Waals surface area contributed by atoms with Gasteiger partial charge in [0.2, 0.25) is 5.91 Å². The molecular weight excluding hydrogens is 348 g/mol. The number of piperidine rings is 1. The highest BCUT2D eigenvalue weighted by Gasteiger charge is 2.29. The molecule has 1 aromatic carbocycles. The minimum absolute atomic E-state index is 0.0726. The van der Waals surface area contributed by atoms with Gasteiger partial charge in [0.1, 0.15) is 5.75 Å².